The van der Waals surface area contributed by atoms with Gasteiger partial charge in [0.05, 0.1) is 12.6 Å². The molecule has 2 aromatic rings. The fourth-order valence-corrected chi connectivity index (χ4v) is 3.22. The van der Waals surface area contributed by atoms with Crippen LogP contribution in [0.4, 0.5) is 5.69 Å². The molecule has 0 aromatic heterocycles. The normalized spacial score (nSPS) is 12.7. The molecule has 166 valence electrons. The van der Waals surface area contributed by atoms with Crippen LogP contribution in [0, 0.1) is 5.92 Å². The second-order valence-corrected chi connectivity index (χ2v) is 7.90. The highest BCUT2D eigenvalue weighted by Gasteiger charge is 2.26. The number of nitrogens with one attached hydrogen (secondary N) is 3. The van der Waals surface area contributed by atoms with Crippen molar-refractivity contribution in [2.45, 2.75) is 45.2 Å². The second kappa shape index (κ2) is 12.5. The Balaban J connectivity index is 2.07. The first-order valence-electron chi connectivity index (χ1n) is 10.5. The molecule has 2 rings (SSSR count). The molecule has 2 atom stereocenters. The molecule has 0 saturated heterocycles. The number of benzene rings is 2. The Morgan fingerprint density at radius 1 is 0.871 bits per heavy atom. The zero-order chi connectivity index (χ0) is 22.6. The predicted molar refractivity (Wildman–Crippen MR) is 121 cm³/mol. The second-order valence-electron chi connectivity index (χ2n) is 7.90. The van der Waals surface area contributed by atoms with Crippen LogP contribution in [0.15, 0.2) is 60.7 Å². The molecule has 0 saturated carbocycles. The van der Waals surface area contributed by atoms with Crippen molar-refractivity contribution in [1.29, 1.82) is 0 Å². The van der Waals surface area contributed by atoms with Gasteiger partial charge in [-0.25, -0.2) is 0 Å². The number of carbonyl (C=O) groups is 3. The molecule has 0 unspecified atom stereocenters. The minimum Gasteiger partial charge on any atom is -0.480 e. The van der Waals surface area contributed by atoms with Gasteiger partial charge in [-0.15, -0.1) is 0 Å². The summed E-state index contributed by atoms with van der Waals surface area (Å²) in [6, 6.07) is 17.3. The summed E-state index contributed by atoms with van der Waals surface area (Å²) < 4.78 is 0. The number of hydrogen-bond donors (Lipinski definition) is 4. The molecule has 2 aromatic carbocycles. The average Bonchev–Trinajstić information content (AvgIpc) is 2.74. The van der Waals surface area contributed by atoms with Crippen LogP contribution in [0.2, 0.25) is 0 Å². The molecule has 0 fully saturated rings. The van der Waals surface area contributed by atoms with Crippen LogP contribution < -0.4 is 16.0 Å². The lowest BCUT2D eigenvalue weighted by Gasteiger charge is -2.24. The van der Waals surface area contributed by atoms with E-state index in [4.69, 9.17) is 5.11 Å². The van der Waals surface area contributed by atoms with Crippen LogP contribution in [-0.2, 0) is 20.8 Å². The van der Waals surface area contributed by atoms with Crippen LogP contribution >= 0.6 is 0 Å². The summed E-state index contributed by atoms with van der Waals surface area (Å²) in [5.74, 6) is -1.54. The number of carboxylic acid groups (broad SMARTS) is 1. The van der Waals surface area contributed by atoms with Crippen molar-refractivity contribution in [2.75, 3.05) is 11.9 Å². The summed E-state index contributed by atoms with van der Waals surface area (Å²) in [4.78, 5) is 36.8. The summed E-state index contributed by atoms with van der Waals surface area (Å²) in [6.07, 6.45) is 1.49. The van der Waals surface area contributed by atoms with Gasteiger partial charge in [0.1, 0.15) is 6.04 Å². The number of carboxylic acids is 1. The average molecular weight is 426 g/mol. The SMILES string of the molecule is CC(C)C[C@H](NC(=O)[C@H](CCc1ccccc1)NCC(=O)O)C(=O)Nc1ccccc1. The Kier molecular flexibility index (Phi) is 9.71. The number of aliphatic carboxylic acids is 1. The lowest BCUT2D eigenvalue weighted by Crippen LogP contribution is -2.52. The van der Waals surface area contributed by atoms with E-state index >= 15 is 0 Å². The van der Waals surface area contributed by atoms with E-state index in [9.17, 15) is 14.4 Å². The highest BCUT2D eigenvalue weighted by Crippen LogP contribution is 2.11. The van der Waals surface area contributed by atoms with E-state index in [2.05, 4.69) is 16.0 Å². The van der Waals surface area contributed by atoms with Crippen molar-refractivity contribution in [1.82, 2.24) is 10.6 Å². The zero-order valence-electron chi connectivity index (χ0n) is 18.0. The van der Waals surface area contributed by atoms with Crippen molar-refractivity contribution >= 4 is 23.5 Å². The van der Waals surface area contributed by atoms with Gasteiger partial charge in [-0.1, -0.05) is 62.4 Å². The number of aryl methyl sites for hydroxylation is 1. The van der Waals surface area contributed by atoms with Crippen molar-refractivity contribution in [3.8, 4) is 0 Å². The fourth-order valence-electron chi connectivity index (χ4n) is 3.22. The van der Waals surface area contributed by atoms with E-state index in [0.29, 0.717) is 24.9 Å². The van der Waals surface area contributed by atoms with E-state index in [1.54, 1.807) is 12.1 Å². The molecule has 7 heteroatoms. The molecule has 2 amide bonds. The highest BCUT2D eigenvalue weighted by molar-refractivity contribution is 5.97. The third-order valence-corrected chi connectivity index (χ3v) is 4.76. The first-order valence-corrected chi connectivity index (χ1v) is 10.5. The zero-order valence-corrected chi connectivity index (χ0v) is 18.0. The third-order valence-electron chi connectivity index (χ3n) is 4.76. The van der Waals surface area contributed by atoms with Gasteiger partial charge in [0.2, 0.25) is 11.8 Å². The minimum absolute atomic E-state index is 0.182. The Morgan fingerprint density at radius 3 is 2.06 bits per heavy atom. The van der Waals surface area contributed by atoms with Gasteiger partial charge < -0.3 is 15.7 Å². The first-order chi connectivity index (χ1) is 14.8. The van der Waals surface area contributed by atoms with Gasteiger partial charge in [0.15, 0.2) is 0 Å². The Hall–Kier alpha value is -3.19. The Morgan fingerprint density at radius 2 is 1.48 bits per heavy atom. The third kappa shape index (κ3) is 9.00. The number of hydrogen-bond acceptors (Lipinski definition) is 4. The van der Waals surface area contributed by atoms with Crippen molar-refractivity contribution in [3.63, 3.8) is 0 Å². The topological polar surface area (TPSA) is 108 Å². The lowest BCUT2D eigenvalue weighted by atomic mass is 10.0. The number of rotatable bonds is 12. The number of anilines is 1. The van der Waals surface area contributed by atoms with Crippen LogP contribution in [-0.4, -0.2) is 41.5 Å². The van der Waals surface area contributed by atoms with E-state index in [-0.39, 0.29) is 24.3 Å². The van der Waals surface area contributed by atoms with Gasteiger partial charge in [0, 0.05) is 5.69 Å². The van der Waals surface area contributed by atoms with E-state index in [0.717, 1.165) is 5.56 Å². The maximum atomic E-state index is 13.0. The van der Waals surface area contributed by atoms with Crippen LogP contribution in [0.1, 0.15) is 32.3 Å². The molecule has 7 nitrogen and oxygen atoms in total. The molecule has 0 radical (unpaired) electrons. The minimum atomic E-state index is -1.04. The maximum absolute atomic E-state index is 13.0. The molecular formula is C24H31N3O4. The van der Waals surface area contributed by atoms with Crippen molar-refractivity contribution < 1.29 is 19.5 Å². The van der Waals surface area contributed by atoms with Gasteiger partial charge in [-0.2, -0.15) is 0 Å². The van der Waals surface area contributed by atoms with E-state index < -0.39 is 18.1 Å². The predicted octanol–water partition coefficient (Wildman–Crippen LogP) is 2.83. The first kappa shape index (κ1) is 24.1. The smallest absolute Gasteiger partial charge is 0.317 e. The van der Waals surface area contributed by atoms with Gasteiger partial charge in [-0.05, 0) is 42.9 Å². The van der Waals surface area contributed by atoms with Crippen molar-refractivity contribution in [3.05, 3.63) is 66.2 Å². The van der Waals surface area contributed by atoms with Crippen LogP contribution in [0.3, 0.4) is 0 Å². The highest BCUT2D eigenvalue weighted by atomic mass is 16.4. The summed E-state index contributed by atoms with van der Waals surface area (Å²) in [5, 5.41) is 17.5. The fraction of sp³-hybridized carbons (Fsp3) is 0.375. The molecule has 4 N–H and O–H groups in total. The number of para-hydroxylation sites is 1. The van der Waals surface area contributed by atoms with Gasteiger partial charge >= 0.3 is 5.97 Å². The molecule has 31 heavy (non-hydrogen) atoms. The molecule has 0 spiro atoms. The standard InChI is InChI=1S/C24H31N3O4/c1-17(2)15-21(24(31)26-19-11-7-4-8-12-19)27-23(30)20(25-16-22(28)29)14-13-18-9-5-3-6-10-18/h3-12,17,20-21,25H,13-16H2,1-2H3,(H,26,31)(H,27,30)(H,28,29)/t20-,21-/m0/s1. The van der Waals surface area contributed by atoms with Crippen LogP contribution in [0.25, 0.3) is 0 Å². The maximum Gasteiger partial charge on any atom is 0.317 e. The Bertz CT molecular complexity index is 840. The molecule has 0 bridgehead atoms. The molecule has 0 aliphatic carbocycles. The summed E-state index contributed by atoms with van der Waals surface area (Å²) in [5.41, 5.74) is 1.71. The van der Waals surface area contributed by atoms with Crippen molar-refractivity contribution in [2.24, 2.45) is 5.92 Å². The van der Waals surface area contributed by atoms with Gasteiger partial charge in [0.25, 0.3) is 0 Å². The summed E-state index contributed by atoms with van der Waals surface area (Å²) in [7, 11) is 0. The summed E-state index contributed by atoms with van der Waals surface area (Å²) in [6.45, 7) is 3.62. The lowest BCUT2D eigenvalue weighted by molar-refractivity contribution is -0.136. The molecular weight excluding hydrogens is 394 g/mol. The van der Waals surface area contributed by atoms with Crippen LogP contribution in [0.5, 0.6) is 0 Å². The van der Waals surface area contributed by atoms with E-state index in [1.165, 1.54) is 0 Å². The quantitative estimate of drug-likeness (QED) is 0.418. The van der Waals surface area contributed by atoms with Gasteiger partial charge in [-0.3, -0.25) is 19.7 Å². The Labute approximate surface area is 183 Å². The summed E-state index contributed by atoms with van der Waals surface area (Å²) >= 11 is 0. The largest absolute Gasteiger partial charge is 0.480 e. The van der Waals surface area contributed by atoms with E-state index in [1.807, 2.05) is 62.4 Å². The monoisotopic (exact) mass is 425 g/mol. The number of amides is 2. The molecule has 0 aliphatic heterocycles. The number of carbonyl (C=O) groups excluding carboxylic acids is 2. The molecule has 0 aliphatic rings. The molecule has 0 heterocycles.